The Hall–Kier alpha value is -2.62. The maximum absolute atomic E-state index is 12.0. The number of aromatic nitrogens is 2. The van der Waals surface area contributed by atoms with Crippen molar-refractivity contribution in [1.82, 2.24) is 14.5 Å². The fourth-order valence-electron chi connectivity index (χ4n) is 4.15. The van der Waals surface area contributed by atoms with Crippen molar-refractivity contribution < 1.29 is 24.5 Å². The highest BCUT2D eigenvalue weighted by atomic mass is 32.2. The van der Waals surface area contributed by atoms with Crippen molar-refractivity contribution in [3.05, 3.63) is 59.4 Å². The van der Waals surface area contributed by atoms with E-state index in [1.165, 1.54) is 24.6 Å². The molecule has 0 amide bonds. The lowest BCUT2D eigenvalue weighted by molar-refractivity contribution is -0.135. The van der Waals surface area contributed by atoms with Crippen molar-refractivity contribution in [2.24, 2.45) is 0 Å². The molecule has 1 aromatic heterocycles. The fraction of sp³-hybridized carbons (Fsp3) is 0.409. The van der Waals surface area contributed by atoms with Crippen LogP contribution in [-0.2, 0) is 32.2 Å². The van der Waals surface area contributed by atoms with Gasteiger partial charge in [0.25, 0.3) is 0 Å². The highest BCUT2D eigenvalue weighted by Gasteiger charge is 2.47. The number of hydrogen-bond acceptors (Lipinski definition) is 6. The normalized spacial score (nSPS) is 21.4. The Morgan fingerprint density at radius 3 is 2.58 bits per heavy atom. The number of aliphatic carboxylic acids is 2. The molecule has 0 spiro atoms. The lowest BCUT2D eigenvalue weighted by Crippen LogP contribution is -2.31. The van der Waals surface area contributed by atoms with Gasteiger partial charge in [-0.15, -0.1) is 0 Å². The van der Waals surface area contributed by atoms with Crippen LogP contribution in [0.3, 0.4) is 0 Å². The number of carbonyl (C=O) groups is 2. The van der Waals surface area contributed by atoms with Crippen LogP contribution in [0.15, 0.2) is 53.3 Å². The summed E-state index contributed by atoms with van der Waals surface area (Å²) in [6.45, 7) is 4.51. The standard InChI is InChI=1S/C22H25N3O5S/c26-19(27)12-18(20(28)29)22(16-6-2-1-3-7-16)15-25-13-17(23-21(25)31-22)14-30-11-10-24-8-4-5-9-24/h1-3,6-7,12-13H,4-5,8-11,14-15H2,(H,26,27)(H,28,29). The molecule has 8 nitrogen and oxygen atoms in total. The van der Waals surface area contributed by atoms with Crippen LogP contribution in [-0.4, -0.2) is 62.8 Å². The molecule has 0 saturated carbocycles. The second kappa shape index (κ2) is 9.25. The van der Waals surface area contributed by atoms with E-state index in [4.69, 9.17) is 4.74 Å². The van der Waals surface area contributed by atoms with Crippen molar-refractivity contribution in [3.63, 3.8) is 0 Å². The van der Waals surface area contributed by atoms with Gasteiger partial charge in [-0.25, -0.2) is 14.6 Å². The minimum absolute atomic E-state index is 0.176. The van der Waals surface area contributed by atoms with Gasteiger partial charge >= 0.3 is 11.9 Å². The zero-order valence-electron chi connectivity index (χ0n) is 17.1. The zero-order chi connectivity index (χ0) is 21.8. The van der Waals surface area contributed by atoms with E-state index in [9.17, 15) is 19.8 Å². The topological polar surface area (TPSA) is 105 Å². The number of likely N-dealkylation sites (tertiary alicyclic amines) is 1. The Labute approximate surface area is 184 Å². The first-order valence-corrected chi connectivity index (χ1v) is 11.1. The lowest BCUT2D eigenvalue weighted by atomic mass is 9.89. The summed E-state index contributed by atoms with van der Waals surface area (Å²) in [5.41, 5.74) is 1.33. The number of carboxylic acids is 2. The fourth-order valence-corrected chi connectivity index (χ4v) is 5.57. The Morgan fingerprint density at radius 1 is 1.19 bits per heavy atom. The van der Waals surface area contributed by atoms with Crippen LogP contribution < -0.4 is 0 Å². The minimum atomic E-state index is -1.29. The van der Waals surface area contributed by atoms with Crippen LogP contribution in [0.5, 0.6) is 0 Å². The highest BCUT2D eigenvalue weighted by molar-refractivity contribution is 8.00. The first-order chi connectivity index (χ1) is 15.0. The molecule has 4 rings (SSSR count). The van der Waals surface area contributed by atoms with E-state index >= 15 is 0 Å². The van der Waals surface area contributed by atoms with Gasteiger partial charge < -0.3 is 24.4 Å². The van der Waals surface area contributed by atoms with E-state index in [0.29, 0.717) is 18.4 Å². The van der Waals surface area contributed by atoms with Crippen LogP contribution in [0, 0.1) is 0 Å². The van der Waals surface area contributed by atoms with Gasteiger partial charge in [-0.2, -0.15) is 0 Å². The SMILES string of the molecule is O=C(O)C=C(C(=O)O)C1(c2ccccc2)Cn2cc(COCCN3CCCC3)nc2S1. The summed E-state index contributed by atoms with van der Waals surface area (Å²) in [5.74, 6) is -2.54. The average Bonchev–Trinajstić information content (AvgIpc) is 3.46. The molecule has 1 fully saturated rings. The number of hydrogen-bond donors (Lipinski definition) is 2. The van der Waals surface area contributed by atoms with Gasteiger partial charge in [0, 0.05) is 25.4 Å². The Morgan fingerprint density at radius 2 is 1.94 bits per heavy atom. The van der Waals surface area contributed by atoms with E-state index < -0.39 is 16.7 Å². The number of nitrogens with zero attached hydrogens (tertiary/aromatic N) is 3. The third kappa shape index (κ3) is 4.68. The first kappa shape index (κ1) is 21.6. The molecular formula is C22H25N3O5S. The molecule has 0 radical (unpaired) electrons. The first-order valence-electron chi connectivity index (χ1n) is 10.3. The molecule has 2 aliphatic rings. The largest absolute Gasteiger partial charge is 0.478 e. The number of rotatable bonds is 9. The van der Waals surface area contributed by atoms with E-state index in [0.717, 1.165) is 37.0 Å². The maximum atomic E-state index is 12.0. The monoisotopic (exact) mass is 443 g/mol. The van der Waals surface area contributed by atoms with E-state index in [2.05, 4.69) is 9.88 Å². The van der Waals surface area contributed by atoms with Crippen LogP contribution in [0.25, 0.3) is 0 Å². The smallest absolute Gasteiger partial charge is 0.333 e. The average molecular weight is 444 g/mol. The molecule has 1 aromatic carbocycles. The Kier molecular flexibility index (Phi) is 6.45. The van der Waals surface area contributed by atoms with Gasteiger partial charge in [0.15, 0.2) is 5.16 Å². The number of carboxylic acid groups (broad SMARTS) is 2. The summed E-state index contributed by atoms with van der Waals surface area (Å²) in [7, 11) is 0. The molecule has 1 atom stereocenters. The quantitative estimate of drug-likeness (QED) is 0.450. The number of ether oxygens (including phenoxy) is 1. The molecule has 2 aliphatic heterocycles. The summed E-state index contributed by atoms with van der Waals surface area (Å²) < 4.78 is 6.60. The number of imidazole rings is 1. The molecule has 2 N–H and O–H groups in total. The van der Waals surface area contributed by atoms with Gasteiger partial charge in [-0.3, -0.25) is 0 Å². The zero-order valence-corrected chi connectivity index (χ0v) is 17.9. The third-order valence-electron chi connectivity index (χ3n) is 5.62. The summed E-state index contributed by atoms with van der Waals surface area (Å²) in [5, 5.41) is 19.7. The lowest BCUT2D eigenvalue weighted by Gasteiger charge is -2.28. The molecular weight excluding hydrogens is 418 g/mol. The van der Waals surface area contributed by atoms with Gasteiger partial charge in [-0.05, 0) is 31.5 Å². The predicted molar refractivity (Wildman–Crippen MR) is 115 cm³/mol. The van der Waals surface area contributed by atoms with Gasteiger partial charge in [0.1, 0.15) is 0 Å². The summed E-state index contributed by atoms with van der Waals surface area (Å²) in [4.78, 5) is 30.4. The van der Waals surface area contributed by atoms with Crippen LogP contribution in [0.4, 0.5) is 0 Å². The molecule has 2 aromatic rings. The third-order valence-corrected chi connectivity index (χ3v) is 7.06. The van der Waals surface area contributed by atoms with Crippen LogP contribution >= 0.6 is 11.8 Å². The predicted octanol–water partition coefficient (Wildman–Crippen LogP) is 2.59. The van der Waals surface area contributed by atoms with Gasteiger partial charge in [0.2, 0.25) is 0 Å². The molecule has 0 aliphatic carbocycles. The van der Waals surface area contributed by atoms with E-state index in [-0.39, 0.29) is 12.1 Å². The van der Waals surface area contributed by atoms with E-state index in [1.807, 2.05) is 41.1 Å². The molecule has 1 saturated heterocycles. The van der Waals surface area contributed by atoms with Crippen molar-refractivity contribution >= 4 is 23.7 Å². The molecule has 0 bridgehead atoms. The maximum Gasteiger partial charge on any atom is 0.333 e. The van der Waals surface area contributed by atoms with Crippen LogP contribution in [0.1, 0.15) is 24.1 Å². The second-order valence-corrected chi connectivity index (χ2v) is 9.01. The van der Waals surface area contributed by atoms with Crippen molar-refractivity contribution in [2.75, 3.05) is 26.2 Å². The van der Waals surface area contributed by atoms with Gasteiger partial charge in [-0.1, -0.05) is 42.1 Å². The number of benzene rings is 1. The Balaban J connectivity index is 1.51. The summed E-state index contributed by atoms with van der Waals surface area (Å²) >= 11 is 1.27. The number of thioether (sulfide) groups is 1. The van der Waals surface area contributed by atoms with E-state index in [1.54, 1.807) is 0 Å². The Bertz CT molecular complexity index is 959. The van der Waals surface area contributed by atoms with Crippen molar-refractivity contribution in [1.29, 1.82) is 0 Å². The molecule has 9 heteroatoms. The highest BCUT2D eigenvalue weighted by Crippen LogP contribution is 2.52. The molecule has 164 valence electrons. The molecule has 1 unspecified atom stereocenters. The van der Waals surface area contributed by atoms with Crippen molar-refractivity contribution in [3.8, 4) is 0 Å². The summed E-state index contributed by atoms with van der Waals surface area (Å²) in [6, 6.07) is 9.12. The molecule has 3 heterocycles. The van der Waals surface area contributed by atoms with Crippen LogP contribution in [0.2, 0.25) is 0 Å². The molecule has 31 heavy (non-hydrogen) atoms. The van der Waals surface area contributed by atoms with Crippen molar-refractivity contribution in [2.45, 2.75) is 35.9 Å². The minimum Gasteiger partial charge on any atom is -0.478 e. The number of fused-ring (bicyclic) bond motifs is 1. The second-order valence-electron chi connectivity index (χ2n) is 7.74. The summed E-state index contributed by atoms with van der Waals surface area (Å²) in [6.07, 6.45) is 5.16. The van der Waals surface area contributed by atoms with Gasteiger partial charge in [0.05, 0.1) is 29.2 Å².